The van der Waals surface area contributed by atoms with E-state index in [-0.39, 0.29) is 17.9 Å². The predicted octanol–water partition coefficient (Wildman–Crippen LogP) is 5.57. The van der Waals surface area contributed by atoms with Gasteiger partial charge in [0.05, 0.1) is 13.2 Å². The summed E-state index contributed by atoms with van der Waals surface area (Å²) >= 11 is 5.93. The number of carbonyl (C=O) groups is 3. The molecule has 7 heteroatoms. The fraction of sp³-hybridized carbons (Fsp3) is 0.519. The number of carbonyl (C=O) groups excluding carboxylic acids is 3. The highest BCUT2D eigenvalue weighted by atomic mass is 35.5. The molecule has 1 rings (SSSR count). The quantitative estimate of drug-likeness (QED) is 0.133. The first-order valence-corrected chi connectivity index (χ1v) is 12.4. The predicted molar refractivity (Wildman–Crippen MR) is 138 cm³/mol. The van der Waals surface area contributed by atoms with Crippen LogP contribution in [0.5, 0.6) is 0 Å². The Morgan fingerprint density at radius 3 is 2.65 bits per heavy atom. The lowest BCUT2D eigenvalue weighted by Crippen LogP contribution is -2.37. The second-order valence-corrected chi connectivity index (χ2v) is 8.71. The largest absolute Gasteiger partial charge is 0.501 e. The molecule has 6 nitrogen and oxygen atoms in total. The van der Waals surface area contributed by atoms with Crippen molar-refractivity contribution in [2.75, 3.05) is 13.7 Å². The van der Waals surface area contributed by atoms with E-state index < -0.39 is 5.91 Å². The normalized spacial score (nSPS) is 17.4. The van der Waals surface area contributed by atoms with Crippen LogP contribution in [-0.2, 0) is 19.1 Å². The number of nitrogens with zero attached hydrogens (tertiary/aromatic N) is 1. The van der Waals surface area contributed by atoms with Crippen molar-refractivity contribution in [2.45, 2.75) is 71.3 Å². The molecule has 0 spiro atoms. The summed E-state index contributed by atoms with van der Waals surface area (Å²) in [6.07, 6.45) is 17.0. The van der Waals surface area contributed by atoms with E-state index in [1.807, 2.05) is 12.2 Å². The Hall–Kier alpha value is -2.60. The molecule has 0 aliphatic carbocycles. The zero-order valence-corrected chi connectivity index (χ0v) is 21.5. The van der Waals surface area contributed by atoms with Crippen molar-refractivity contribution in [3.05, 3.63) is 59.9 Å². The minimum atomic E-state index is -0.421. The molecular weight excluding hydrogens is 452 g/mol. The van der Waals surface area contributed by atoms with Gasteiger partial charge in [-0.2, -0.15) is 0 Å². The Morgan fingerprint density at radius 2 is 2.03 bits per heavy atom. The van der Waals surface area contributed by atoms with Gasteiger partial charge < -0.3 is 10.1 Å². The number of allylic oxidation sites excluding steroid dienone is 4. The number of hydrogen-bond donors (Lipinski definition) is 1. The highest BCUT2D eigenvalue weighted by molar-refractivity contribution is 6.25. The van der Waals surface area contributed by atoms with Gasteiger partial charge in [-0.25, -0.2) is 0 Å². The van der Waals surface area contributed by atoms with Gasteiger partial charge in [0, 0.05) is 37.1 Å². The Labute approximate surface area is 209 Å². The van der Waals surface area contributed by atoms with E-state index in [0.717, 1.165) is 32.1 Å². The van der Waals surface area contributed by atoms with Gasteiger partial charge in [0.25, 0.3) is 11.8 Å². The molecule has 0 aromatic heterocycles. The molecule has 0 aromatic rings. The van der Waals surface area contributed by atoms with Gasteiger partial charge in [-0.1, -0.05) is 48.4 Å². The average Bonchev–Trinajstić information content (AvgIpc) is 3.16. The van der Waals surface area contributed by atoms with Crippen molar-refractivity contribution in [1.29, 1.82) is 0 Å². The van der Waals surface area contributed by atoms with Crippen LogP contribution in [0.3, 0.4) is 0 Å². The van der Waals surface area contributed by atoms with Crippen molar-refractivity contribution in [2.24, 2.45) is 5.92 Å². The molecule has 1 heterocycles. The number of ether oxygens (including phenoxy) is 1. The molecule has 0 saturated heterocycles. The third kappa shape index (κ3) is 11.5. The van der Waals surface area contributed by atoms with Gasteiger partial charge in [0.1, 0.15) is 5.76 Å². The van der Waals surface area contributed by atoms with Crippen molar-refractivity contribution in [3.8, 4) is 0 Å². The molecule has 3 amide bonds. The van der Waals surface area contributed by atoms with Crippen LogP contribution in [0, 0.1) is 5.92 Å². The lowest BCUT2D eigenvalue weighted by Gasteiger charge is -2.18. The van der Waals surface area contributed by atoms with E-state index in [1.165, 1.54) is 29.7 Å². The summed E-state index contributed by atoms with van der Waals surface area (Å²) in [6, 6.07) is -0.272. The summed E-state index contributed by atoms with van der Waals surface area (Å²) in [5, 5.41) is 2.84. The van der Waals surface area contributed by atoms with Crippen LogP contribution in [0.4, 0.5) is 0 Å². The summed E-state index contributed by atoms with van der Waals surface area (Å²) in [6.45, 7) is 8.04. The molecule has 34 heavy (non-hydrogen) atoms. The van der Waals surface area contributed by atoms with Crippen molar-refractivity contribution in [1.82, 2.24) is 10.2 Å². The highest BCUT2D eigenvalue weighted by Crippen LogP contribution is 2.19. The second-order valence-electron chi connectivity index (χ2n) is 8.49. The number of amides is 3. The summed E-state index contributed by atoms with van der Waals surface area (Å²) in [4.78, 5) is 37.4. The fourth-order valence-corrected chi connectivity index (χ4v) is 3.73. The molecule has 2 atom stereocenters. The van der Waals surface area contributed by atoms with Crippen LogP contribution < -0.4 is 5.32 Å². The van der Waals surface area contributed by atoms with E-state index in [9.17, 15) is 14.4 Å². The maximum atomic E-state index is 12.3. The Balaban J connectivity index is 2.28. The zero-order valence-electron chi connectivity index (χ0n) is 20.7. The lowest BCUT2D eigenvalue weighted by molar-refractivity contribution is -0.139. The number of imide groups is 1. The number of unbranched alkanes of at least 4 members (excludes halogenated alkanes) is 1. The number of nitrogens with one attached hydrogen (secondary N) is 1. The summed E-state index contributed by atoms with van der Waals surface area (Å²) in [7, 11) is 1.47. The van der Waals surface area contributed by atoms with E-state index in [4.69, 9.17) is 16.3 Å². The highest BCUT2D eigenvalue weighted by Gasteiger charge is 2.27. The van der Waals surface area contributed by atoms with Crippen molar-refractivity contribution >= 4 is 29.3 Å². The van der Waals surface area contributed by atoms with Crippen molar-refractivity contribution < 1.29 is 19.1 Å². The van der Waals surface area contributed by atoms with E-state index in [2.05, 4.69) is 24.9 Å². The summed E-state index contributed by atoms with van der Waals surface area (Å²) in [5.41, 5.74) is 2.97. The standard InChI is InChI=1S/C27H39ClN2O4/c1-5-6-7-11-23(20-28)15-13-21(2)10-8-9-12-25(31)29-18-17-24(34-4)19-27(33)30-22(3)14-16-26(30)32/h5,8,10,14,16,19-22H,1,6-7,9,11-13,15,17-18H2,2-4H3,(H,29,31)/b10-8+,23-20+,24-19+/t21-,22+/m1/s1. The summed E-state index contributed by atoms with van der Waals surface area (Å²) in [5.74, 6) is 0.0260. The molecule has 0 fully saturated rings. The number of hydrogen-bond acceptors (Lipinski definition) is 4. The number of methoxy groups -OCH3 is 1. The molecule has 188 valence electrons. The molecule has 1 N–H and O–H groups in total. The minimum absolute atomic E-state index is 0.0544. The Bertz CT molecular complexity index is 813. The zero-order chi connectivity index (χ0) is 25.3. The van der Waals surface area contributed by atoms with Crippen molar-refractivity contribution in [3.63, 3.8) is 0 Å². The minimum Gasteiger partial charge on any atom is -0.501 e. The molecule has 1 aliphatic heterocycles. The Morgan fingerprint density at radius 1 is 1.26 bits per heavy atom. The van der Waals surface area contributed by atoms with E-state index in [0.29, 0.717) is 37.5 Å². The topological polar surface area (TPSA) is 75.7 Å². The van der Waals surface area contributed by atoms with Gasteiger partial charge in [0.15, 0.2) is 0 Å². The molecular formula is C27H39ClN2O4. The SMILES string of the molecule is C=CCCC/C(=C\Cl)CC[C@H](C)/C=C/CCC(=O)NCC/C(=C\C(=O)N1C(=O)C=C[C@@H]1C)OC. The second kappa shape index (κ2) is 16.9. The van der Waals surface area contributed by atoms with Gasteiger partial charge in [-0.3, -0.25) is 19.3 Å². The van der Waals surface area contributed by atoms with E-state index in [1.54, 1.807) is 18.5 Å². The van der Waals surface area contributed by atoms with Gasteiger partial charge in [-0.15, -0.1) is 6.58 Å². The van der Waals surface area contributed by atoms with Crippen LogP contribution in [0.25, 0.3) is 0 Å². The number of rotatable bonds is 16. The van der Waals surface area contributed by atoms with Crippen LogP contribution >= 0.6 is 11.6 Å². The first-order valence-electron chi connectivity index (χ1n) is 11.9. The number of halogens is 1. The molecule has 0 radical (unpaired) electrons. The Kier molecular flexibility index (Phi) is 14.7. The van der Waals surface area contributed by atoms with Gasteiger partial charge >= 0.3 is 0 Å². The lowest BCUT2D eigenvalue weighted by atomic mass is 9.98. The van der Waals surface area contributed by atoms with Gasteiger partial charge in [-0.05, 0) is 51.4 Å². The average molecular weight is 491 g/mol. The maximum Gasteiger partial charge on any atom is 0.257 e. The fourth-order valence-electron chi connectivity index (χ4n) is 3.51. The van der Waals surface area contributed by atoms with E-state index >= 15 is 0 Å². The molecule has 0 unspecified atom stereocenters. The molecule has 0 bridgehead atoms. The molecule has 0 aromatic carbocycles. The maximum absolute atomic E-state index is 12.3. The molecule has 1 aliphatic rings. The van der Waals surface area contributed by atoms with Crippen LogP contribution in [0.15, 0.2) is 59.9 Å². The van der Waals surface area contributed by atoms with Crippen LogP contribution in [0.1, 0.15) is 65.2 Å². The summed E-state index contributed by atoms with van der Waals surface area (Å²) < 4.78 is 5.24. The third-order valence-corrected chi connectivity index (χ3v) is 5.93. The first-order chi connectivity index (χ1) is 16.3. The van der Waals surface area contributed by atoms with Crippen LogP contribution in [0.2, 0.25) is 0 Å². The third-order valence-electron chi connectivity index (χ3n) is 5.62. The first kappa shape index (κ1) is 29.4. The van der Waals surface area contributed by atoms with Crippen LogP contribution in [-0.4, -0.2) is 42.3 Å². The smallest absolute Gasteiger partial charge is 0.257 e. The molecule has 0 saturated carbocycles. The monoisotopic (exact) mass is 490 g/mol. The van der Waals surface area contributed by atoms with Gasteiger partial charge in [0.2, 0.25) is 5.91 Å².